The fraction of sp³-hybridized carbons (Fsp3) is 0.500. The first kappa shape index (κ1) is 9.90. The van der Waals surface area contributed by atoms with Crippen molar-refractivity contribution in [2.45, 2.75) is 0 Å². The zero-order valence-corrected chi connectivity index (χ0v) is 5.77. The average molecular weight is 171 g/mol. The first-order chi connectivity index (χ1) is 2.27. The third kappa shape index (κ3) is 8.83. The van der Waals surface area contributed by atoms with Gasteiger partial charge in [-0.2, -0.15) is 0 Å². The molecule has 0 amide bonds. The zero-order chi connectivity index (χ0) is 4.28. The van der Waals surface area contributed by atoms with E-state index in [0.29, 0.717) is 4.32 Å². The molecule has 0 heterocycles. The van der Waals surface area contributed by atoms with Crippen molar-refractivity contribution in [3.05, 3.63) is 0 Å². The summed E-state index contributed by atoms with van der Waals surface area (Å²) in [5, 5.41) is 0. The van der Waals surface area contributed by atoms with E-state index in [1.165, 1.54) is 11.8 Å². The van der Waals surface area contributed by atoms with E-state index in [9.17, 15) is 0 Å². The minimum Gasteiger partial charge on any atom is -0.385 e. The van der Waals surface area contributed by atoms with E-state index < -0.39 is 0 Å². The molecule has 0 aromatic heterocycles. The zero-order valence-electron chi connectivity index (χ0n) is 3.20. The molecule has 6 heavy (non-hydrogen) atoms. The first-order valence-corrected chi connectivity index (χ1v) is 2.74. The molecule has 0 fully saturated rings. The molecule has 0 aromatic rings. The van der Waals surface area contributed by atoms with E-state index in [2.05, 4.69) is 12.2 Å². The Labute approximate surface area is 57.5 Å². The van der Waals surface area contributed by atoms with Gasteiger partial charge in [-0.3, -0.25) is 0 Å². The number of thiocarbonyl (C=S) groups is 1. The fourth-order valence-electron chi connectivity index (χ4n) is 0. The van der Waals surface area contributed by atoms with Crippen molar-refractivity contribution < 1.29 is 17.1 Å². The second-order valence-electron chi connectivity index (χ2n) is 0.523. The van der Waals surface area contributed by atoms with Crippen molar-refractivity contribution >= 4 is 28.3 Å². The molecule has 0 bridgehead atoms. The second-order valence-corrected chi connectivity index (χ2v) is 2.07. The van der Waals surface area contributed by atoms with Crippen molar-refractivity contribution in [1.82, 2.24) is 0 Å². The van der Waals surface area contributed by atoms with Crippen LogP contribution in [0.3, 0.4) is 0 Å². The van der Waals surface area contributed by atoms with Crippen LogP contribution in [0.1, 0.15) is 0 Å². The van der Waals surface area contributed by atoms with Gasteiger partial charge in [-0.15, -0.1) is 11.8 Å². The third-order valence-electron chi connectivity index (χ3n) is 0.201. The summed E-state index contributed by atoms with van der Waals surface area (Å²) in [7, 11) is 0. The van der Waals surface area contributed by atoms with E-state index in [-0.39, 0.29) is 17.1 Å². The standard InChI is InChI=1S/C2H5NS2.Cu/c1-5-2(3)4;/h1H3,(H2,3,4);. The number of thioether (sulfide) groups is 1. The van der Waals surface area contributed by atoms with Gasteiger partial charge in [0.2, 0.25) is 0 Å². The Hall–Kier alpha value is 0.759. The molecule has 1 nitrogen and oxygen atoms in total. The number of hydrogen-bond acceptors (Lipinski definition) is 2. The van der Waals surface area contributed by atoms with Crippen LogP contribution in [0.2, 0.25) is 0 Å². The number of rotatable bonds is 0. The summed E-state index contributed by atoms with van der Waals surface area (Å²) in [6.45, 7) is 0. The molecule has 0 saturated heterocycles. The smallest absolute Gasteiger partial charge is 0.130 e. The summed E-state index contributed by atoms with van der Waals surface area (Å²) in [4.78, 5) is 0. The fourth-order valence-corrected chi connectivity index (χ4v) is 0. The summed E-state index contributed by atoms with van der Waals surface area (Å²) in [6.07, 6.45) is 1.85. The van der Waals surface area contributed by atoms with Crippen LogP contribution in [0.5, 0.6) is 0 Å². The molecule has 0 unspecified atom stereocenters. The van der Waals surface area contributed by atoms with Crippen LogP contribution >= 0.6 is 24.0 Å². The van der Waals surface area contributed by atoms with Crippen LogP contribution in [0.4, 0.5) is 0 Å². The Kier molecular flexibility index (Phi) is 9.50. The minimum atomic E-state index is 0. The van der Waals surface area contributed by atoms with E-state index >= 15 is 0 Å². The molecule has 0 aliphatic heterocycles. The van der Waals surface area contributed by atoms with E-state index in [1.807, 2.05) is 6.26 Å². The molecule has 0 aliphatic carbocycles. The molecule has 0 rings (SSSR count). The predicted molar refractivity (Wildman–Crippen MR) is 30.3 cm³/mol. The molecule has 41 valence electrons. The van der Waals surface area contributed by atoms with Crippen LogP contribution in [0, 0.1) is 0 Å². The topological polar surface area (TPSA) is 26.0 Å². The molecule has 0 spiro atoms. The number of nitrogens with two attached hydrogens (primary N) is 1. The van der Waals surface area contributed by atoms with Crippen molar-refractivity contribution in [2.24, 2.45) is 5.73 Å². The van der Waals surface area contributed by atoms with Gasteiger partial charge in [0.1, 0.15) is 4.32 Å². The second kappa shape index (κ2) is 5.76. The molecule has 4 heteroatoms. The van der Waals surface area contributed by atoms with Crippen LogP contribution in [-0.2, 0) is 17.1 Å². The molecular weight excluding hydrogens is 166 g/mol. The minimum absolute atomic E-state index is 0. The van der Waals surface area contributed by atoms with E-state index in [0.717, 1.165) is 0 Å². The molecule has 2 N–H and O–H groups in total. The molecule has 0 atom stereocenters. The Morgan fingerprint density at radius 1 is 1.83 bits per heavy atom. The van der Waals surface area contributed by atoms with Gasteiger partial charge in [-0.1, -0.05) is 12.2 Å². The van der Waals surface area contributed by atoms with Gasteiger partial charge in [0.05, 0.1) is 0 Å². The Morgan fingerprint density at radius 2 is 2.00 bits per heavy atom. The summed E-state index contributed by atoms with van der Waals surface area (Å²) in [5.74, 6) is 0. The first-order valence-electron chi connectivity index (χ1n) is 1.11. The normalized spacial score (nSPS) is 6.17. The Balaban J connectivity index is 0. The van der Waals surface area contributed by atoms with Crippen LogP contribution in [-0.4, -0.2) is 10.6 Å². The average Bonchev–Trinajstić information content (AvgIpc) is 1.38. The van der Waals surface area contributed by atoms with Crippen molar-refractivity contribution in [3.63, 3.8) is 0 Å². The maximum absolute atomic E-state index is 4.99. The summed E-state index contributed by atoms with van der Waals surface area (Å²) in [6, 6.07) is 0. The number of hydrogen-bond donors (Lipinski definition) is 1. The van der Waals surface area contributed by atoms with Gasteiger partial charge in [0.25, 0.3) is 0 Å². The maximum Gasteiger partial charge on any atom is 0.130 e. The SMILES string of the molecule is CSC(N)=S.[Cu]. The largest absolute Gasteiger partial charge is 0.385 e. The van der Waals surface area contributed by atoms with E-state index in [4.69, 9.17) is 5.73 Å². The van der Waals surface area contributed by atoms with Gasteiger partial charge in [-0.25, -0.2) is 0 Å². The third-order valence-corrected chi connectivity index (χ3v) is 1.10. The van der Waals surface area contributed by atoms with Crippen LogP contribution in [0.15, 0.2) is 0 Å². The molecule has 0 aliphatic rings. The quantitative estimate of drug-likeness (QED) is 0.426. The molecule has 0 aromatic carbocycles. The Morgan fingerprint density at radius 3 is 2.00 bits per heavy atom. The summed E-state index contributed by atoms with van der Waals surface area (Å²) < 4.78 is 0.505. The predicted octanol–water partition coefficient (Wildman–Crippen LogP) is 0.591. The summed E-state index contributed by atoms with van der Waals surface area (Å²) in [5.41, 5.74) is 4.99. The van der Waals surface area contributed by atoms with Crippen molar-refractivity contribution in [1.29, 1.82) is 0 Å². The van der Waals surface area contributed by atoms with E-state index in [1.54, 1.807) is 0 Å². The van der Waals surface area contributed by atoms with Gasteiger partial charge in [0.15, 0.2) is 0 Å². The van der Waals surface area contributed by atoms with Crippen LogP contribution < -0.4 is 5.73 Å². The maximum atomic E-state index is 4.99. The molecule has 1 radical (unpaired) electrons. The van der Waals surface area contributed by atoms with Gasteiger partial charge in [-0.05, 0) is 6.26 Å². The van der Waals surface area contributed by atoms with Gasteiger partial charge >= 0.3 is 0 Å². The Bertz CT molecular complexity index is 46.8. The van der Waals surface area contributed by atoms with Gasteiger partial charge < -0.3 is 5.73 Å². The van der Waals surface area contributed by atoms with Crippen LogP contribution in [0.25, 0.3) is 0 Å². The van der Waals surface area contributed by atoms with Gasteiger partial charge in [0, 0.05) is 17.1 Å². The molecule has 0 saturated carbocycles. The molecular formula is C2H5CuNS2. The summed E-state index contributed by atoms with van der Waals surface area (Å²) >= 11 is 5.83. The van der Waals surface area contributed by atoms with Crippen molar-refractivity contribution in [2.75, 3.05) is 6.26 Å². The monoisotopic (exact) mass is 170 g/mol. The van der Waals surface area contributed by atoms with Crippen molar-refractivity contribution in [3.8, 4) is 0 Å².